The lowest BCUT2D eigenvalue weighted by molar-refractivity contribution is -0.125. The molecule has 1 atom stereocenters. The van der Waals surface area contributed by atoms with E-state index in [1.54, 1.807) is 30.5 Å². The summed E-state index contributed by atoms with van der Waals surface area (Å²) in [5.74, 6) is -0.205. The summed E-state index contributed by atoms with van der Waals surface area (Å²) in [4.78, 5) is 14.8. The van der Waals surface area contributed by atoms with Gasteiger partial charge in [-0.25, -0.2) is 4.98 Å². The summed E-state index contributed by atoms with van der Waals surface area (Å²) in [5, 5.41) is 23.2. The van der Waals surface area contributed by atoms with Crippen LogP contribution >= 0.6 is 0 Å². The van der Waals surface area contributed by atoms with E-state index in [0.717, 1.165) is 5.39 Å². The molecule has 0 saturated carbocycles. The van der Waals surface area contributed by atoms with Crippen molar-refractivity contribution < 1.29 is 15.0 Å². The highest BCUT2D eigenvalue weighted by Gasteiger charge is 2.11. The third-order valence-electron chi connectivity index (χ3n) is 2.54. The minimum Gasteiger partial charge on any atom is -0.508 e. The zero-order valence-corrected chi connectivity index (χ0v) is 9.50. The number of nitrogens with two attached hydrogens (primary N) is 1. The van der Waals surface area contributed by atoms with Gasteiger partial charge in [-0.05, 0) is 23.6 Å². The first kappa shape index (κ1) is 12.1. The standard InChI is InChI=1S/C12H13N3O3/c13-11(18)10(17)6-15-12-9-5-8(16)2-1-7(9)3-4-14-12/h1-5,10,16-17H,6H2,(H2,13,18)(H,14,15). The summed E-state index contributed by atoms with van der Waals surface area (Å²) in [5.41, 5.74) is 4.95. The lowest BCUT2D eigenvalue weighted by atomic mass is 10.1. The van der Waals surface area contributed by atoms with Crippen LogP contribution in [0.1, 0.15) is 0 Å². The first-order chi connectivity index (χ1) is 8.58. The lowest BCUT2D eigenvalue weighted by Crippen LogP contribution is -2.34. The minimum absolute atomic E-state index is 0.0307. The van der Waals surface area contributed by atoms with Crippen LogP contribution in [0.5, 0.6) is 5.75 Å². The number of fused-ring (bicyclic) bond motifs is 1. The molecule has 1 amide bonds. The van der Waals surface area contributed by atoms with Crippen molar-refractivity contribution in [3.8, 4) is 5.75 Å². The number of hydrogen-bond acceptors (Lipinski definition) is 5. The van der Waals surface area contributed by atoms with Gasteiger partial charge in [0.15, 0.2) is 0 Å². The number of carbonyl (C=O) groups excluding carboxylic acids is 1. The normalized spacial score (nSPS) is 12.3. The Morgan fingerprint density at radius 3 is 2.94 bits per heavy atom. The number of phenolic OH excluding ortho intramolecular Hbond substituents is 1. The predicted molar refractivity (Wildman–Crippen MR) is 67.1 cm³/mol. The van der Waals surface area contributed by atoms with Crippen LogP contribution in [0.2, 0.25) is 0 Å². The van der Waals surface area contributed by atoms with Gasteiger partial charge in [0.25, 0.3) is 0 Å². The van der Waals surface area contributed by atoms with E-state index in [9.17, 15) is 15.0 Å². The Balaban J connectivity index is 2.27. The van der Waals surface area contributed by atoms with Crippen molar-refractivity contribution in [3.05, 3.63) is 30.5 Å². The number of aliphatic hydroxyl groups excluding tert-OH is 1. The van der Waals surface area contributed by atoms with Gasteiger partial charge in [-0.2, -0.15) is 0 Å². The fourth-order valence-corrected chi connectivity index (χ4v) is 1.59. The summed E-state index contributed by atoms with van der Waals surface area (Å²) in [7, 11) is 0. The second kappa shape index (κ2) is 4.89. The molecule has 2 aromatic rings. The average molecular weight is 247 g/mol. The molecule has 0 fully saturated rings. The summed E-state index contributed by atoms with van der Waals surface area (Å²) >= 11 is 0. The van der Waals surface area contributed by atoms with E-state index in [1.165, 1.54) is 0 Å². The molecular weight excluding hydrogens is 234 g/mol. The number of phenols is 1. The van der Waals surface area contributed by atoms with Crippen molar-refractivity contribution in [1.29, 1.82) is 0 Å². The smallest absolute Gasteiger partial charge is 0.248 e. The van der Waals surface area contributed by atoms with E-state index < -0.39 is 12.0 Å². The number of amides is 1. The Bertz CT molecular complexity index is 586. The SMILES string of the molecule is NC(=O)C(O)CNc1nccc2ccc(O)cc12. The molecule has 94 valence electrons. The molecule has 18 heavy (non-hydrogen) atoms. The number of hydrogen-bond donors (Lipinski definition) is 4. The highest BCUT2D eigenvalue weighted by atomic mass is 16.3. The number of anilines is 1. The van der Waals surface area contributed by atoms with Crippen molar-refractivity contribution >= 4 is 22.5 Å². The van der Waals surface area contributed by atoms with Crippen LogP contribution < -0.4 is 11.1 Å². The number of rotatable bonds is 4. The monoisotopic (exact) mass is 247 g/mol. The molecule has 0 bridgehead atoms. The van der Waals surface area contributed by atoms with Gasteiger partial charge in [0.2, 0.25) is 5.91 Å². The van der Waals surface area contributed by atoms with E-state index in [2.05, 4.69) is 10.3 Å². The summed E-state index contributed by atoms with van der Waals surface area (Å²) in [6.07, 6.45) is 0.317. The molecule has 1 aromatic heterocycles. The maximum atomic E-state index is 10.7. The molecule has 1 unspecified atom stereocenters. The molecule has 5 N–H and O–H groups in total. The number of aromatic nitrogens is 1. The van der Waals surface area contributed by atoms with Crippen LogP contribution in [-0.2, 0) is 4.79 Å². The van der Waals surface area contributed by atoms with E-state index in [0.29, 0.717) is 11.2 Å². The maximum absolute atomic E-state index is 10.7. The molecule has 0 aliphatic rings. The van der Waals surface area contributed by atoms with Crippen molar-refractivity contribution in [2.75, 3.05) is 11.9 Å². The number of aliphatic hydroxyl groups is 1. The van der Waals surface area contributed by atoms with Crippen LogP contribution in [0, 0.1) is 0 Å². The molecule has 0 saturated heterocycles. The summed E-state index contributed by atoms with van der Waals surface area (Å²) < 4.78 is 0. The van der Waals surface area contributed by atoms with Crippen molar-refractivity contribution in [2.45, 2.75) is 6.10 Å². The predicted octanol–water partition coefficient (Wildman–Crippen LogP) is 0.198. The first-order valence-electron chi connectivity index (χ1n) is 5.37. The Morgan fingerprint density at radius 2 is 2.22 bits per heavy atom. The molecule has 0 radical (unpaired) electrons. The topological polar surface area (TPSA) is 108 Å². The number of aromatic hydroxyl groups is 1. The average Bonchev–Trinajstić information content (AvgIpc) is 2.35. The number of carbonyl (C=O) groups is 1. The van der Waals surface area contributed by atoms with E-state index >= 15 is 0 Å². The van der Waals surface area contributed by atoms with Gasteiger partial charge in [-0.15, -0.1) is 0 Å². The van der Waals surface area contributed by atoms with Crippen LogP contribution in [0.3, 0.4) is 0 Å². The number of nitrogens with one attached hydrogen (secondary N) is 1. The van der Waals surface area contributed by atoms with Crippen LogP contribution in [-0.4, -0.2) is 33.8 Å². The number of primary amides is 1. The molecule has 6 heteroatoms. The van der Waals surface area contributed by atoms with E-state index in [-0.39, 0.29) is 12.3 Å². The molecule has 0 aliphatic heterocycles. The van der Waals surface area contributed by atoms with Gasteiger partial charge in [-0.1, -0.05) is 6.07 Å². The Morgan fingerprint density at radius 1 is 1.44 bits per heavy atom. The molecular formula is C12H13N3O3. The van der Waals surface area contributed by atoms with Gasteiger partial charge in [0.05, 0.1) is 6.54 Å². The molecule has 1 heterocycles. The van der Waals surface area contributed by atoms with Gasteiger partial charge in [-0.3, -0.25) is 4.79 Å². The van der Waals surface area contributed by atoms with Gasteiger partial charge < -0.3 is 21.3 Å². The molecule has 0 aliphatic carbocycles. The van der Waals surface area contributed by atoms with Crippen molar-refractivity contribution in [2.24, 2.45) is 5.73 Å². The zero-order valence-electron chi connectivity index (χ0n) is 9.50. The van der Waals surface area contributed by atoms with E-state index in [4.69, 9.17) is 5.73 Å². The Labute approximate surface area is 103 Å². The third kappa shape index (κ3) is 2.49. The molecule has 6 nitrogen and oxygen atoms in total. The molecule has 1 aromatic carbocycles. The first-order valence-corrected chi connectivity index (χ1v) is 5.37. The quantitative estimate of drug-likeness (QED) is 0.617. The summed E-state index contributed by atoms with van der Waals surface area (Å²) in [6, 6.07) is 6.68. The highest BCUT2D eigenvalue weighted by molar-refractivity contribution is 5.92. The number of benzene rings is 1. The van der Waals surface area contributed by atoms with Gasteiger partial charge >= 0.3 is 0 Å². The fraction of sp³-hybridized carbons (Fsp3) is 0.167. The van der Waals surface area contributed by atoms with E-state index in [1.807, 2.05) is 0 Å². The van der Waals surface area contributed by atoms with Crippen LogP contribution in [0.25, 0.3) is 10.8 Å². The second-order valence-corrected chi connectivity index (χ2v) is 3.86. The number of pyridine rings is 1. The highest BCUT2D eigenvalue weighted by Crippen LogP contribution is 2.24. The zero-order chi connectivity index (χ0) is 13.1. The largest absolute Gasteiger partial charge is 0.508 e. The van der Waals surface area contributed by atoms with Crippen molar-refractivity contribution in [3.63, 3.8) is 0 Å². The fourth-order valence-electron chi connectivity index (χ4n) is 1.59. The third-order valence-corrected chi connectivity index (χ3v) is 2.54. The van der Waals surface area contributed by atoms with Crippen molar-refractivity contribution in [1.82, 2.24) is 4.98 Å². The minimum atomic E-state index is -1.28. The Hall–Kier alpha value is -2.34. The van der Waals surface area contributed by atoms with Crippen LogP contribution in [0.15, 0.2) is 30.5 Å². The lowest BCUT2D eigenvalue weighted by Gasteiger charge is -2.11. The maximum Gasteiger partial charge on any atom is 0.248 e. The summed E-state index contributed by atoms with van der Waals surface area (Å²) in [6.45, 7) is -0.0307. The molecule has 2 rings (SSSR count). The molecule has 0 spiro atoms. The van der Waals surface area contributed by atoms with Gasteiger partial charge in [0, 0.05) is 11.6 Å². The second-order valence-electron chi connectivity index (χ2n) is 3.86. The van der Waals surface area contributed by atoms with Crippen LogP contribution in [0.4, 0.5) is 5.82 Å². The Kier molecular flexibility index (Phi) is 3.29. The number of nitrogens with zero attached hydrogens (tertiary/aromatic N) is 1. The van der Waals surface area contributed by atoms with Gasteiger partial charge in [0.1, 0.15) is 17.7 Å².